The van der Waals surface area contributed by atoms with Crippen molar-refractivity contribution in [1.29, 1.82) is 0 Å². The van der Waals surface area contributed by atoms with E-state index in [1.165, 1.54) is 0 Å². The summed E-state index contributed by atoms with van der Waals surface area (Å²) in [6.45, 7) is 7.98. The lowest BCUT2D eigenvalue weighted by molar-refractivity contribution is -0.0149. The number of nitrogens with one attached hydrogen (secondary N) is 1. The molecule has 1 atom stereocenters. The molecular weight excluding hydrogens is 465 g/mol. The van der Waals surface area contributed by atoms with Gasteiger partial charge in [0.25, 0.3) is 0 Å². The predicted molar refractivity (Wildman–Crippen MR) is 124 cm³/mol. The van der Waals surface area contributed by atoms with Gasteiger partial charge < -0.3 is 20.5 Å². The van der Waals surface area contributed by atoms with Crippen LogP contribution in [0.4, 0.5) is 0 Å². The number of hydrogen-bond acceptors (Lipinski definition) is 3. The molecule has 1 unspecified atom stereocenters. The quantitative estimate of drug-likeness (QED) is 0.363. The fourth-order valence-corrected chi connectivity index (χ4v) is 3.01. The molecule has 1 heterocycles. The number of para-hydroxylation sites is 1. The van der Waals surface area contributed by atoms with Crippen molar-refractivity contribution in [3.63, 3.8) is 0 Å². The smallest absolute Gasteiger partial charge is 0.189 e. The third kappa shape index (κ3) is 6.67. The topological polar surface area (TPSA) is 68.9 Å². The Kier molecular flexibility index (Phi) is 8.12. The number of nitrogens with zero attached hydrogens (tertiary/aromatic N) is 1. The maximum Gasteiger partial charge on any atom is 0.189 e. The van der Waals surface area contributed by atoms with Gasteiger partial charge in [-0.15, -0.1) is 24.0 Å². The lowest BCUT2D eigenvalue weighted by Gasteiger charge is -2.26. The number of benzene rings is 2. The van der Waals surface area contributed by atoms with E-state index >= 15 is 0 Å². The van der Waals surface area contributed by atoms with Crippen LogP contribution in [0.5, 0.6) is 5.75 Å². The summed E-state index contributed by atoms with van der Waals surface area (Å²) in [5, 5.41) is 3.33. The van der Waals surface area contributed by atoms with Gasteiger partial charge in [0.05, 0.1) is 31.4 Å². The molecular formula is C22H30IN3O2. The first kappa shape index (κ1) is 22.5. The Labute approximate surface area is 184 Å². The number of guanidine groups is 1. The van der Waals surface area contributed by atoms with E-state index in [0.29, 0.717) is 25.7 Å². The van der Waals surface area contributed by atoms with Gasteiger partial charge in [0.15, 0.2) is 5.96 Å². The summed E-state index contributed by atoms with van der Waals surface area (Å²) < 4.78 is 11.5. The standard InChI is InChI=1S/C22H29N3O2.HI/c1-22(2,3)27-15-17-8-6-7-16(13-17)14-24-21(23)25-19-11-12-26-20-10-5-4-9-18(19)20;/h4-10,13,19H,11-12,14-15H2,1-3H3,(H3,23,24,25);1H. The van der Waals surface area contributed by atoms with Gasteiger partial charge in [0.1, 0.15) is 5.75 Å². The number of hydrogen-bond donors (Lipinski definition) is 2. The molecule has 0 radical (unpaired) electrons. The zero-order valence-electron chi connectivity index (χ0n) is 16.8. The van der Waals surface area contributed by atoms with Gasteiger partial charge >= 0.3 is 0 Å². The Morgan fingerprint density at radius 2 is 1.93 bits per heavy atom. The zero-order valence-corrected chi connectivity index (χ0v) is 19.1. The molecule has 28 heavy (non-hydrogen) atoms. The summed E-state index contributed by atoms with van der Waals surface area (Å²) in [6.07, 6.45) is 0.868. The van der Waals surface area contributed by atoms with Crippen LogP contribution in [0.3, 0.4) is 0 Å². The Morgan fingerprint density at radius 1 is 1.18 bits per heavy atom. The molecule has 0 fully saturated rings. The molecule has 0 aliphatic carbocycles. The van der Waals surface area contributed by atoms with E-state index < -0.39 is 0 Å². The van der Waals surface area contributed by atoms with Gasteiger partial charge in [-0.3, -0.25) is 0 Å². The van der Waals surface area contributed by atoms with Crippen LogP contribution in [0.15, 0.2) is 53.5 Å². The molecule has 0 amide bonds. The number of ether oxygens (including phenoxy) is 2. The maximum atomic E-state index is 6.14. The van der Waals surface area contributed by atoms with E-state index in [1.807, 2.05) is 24.3 Å². The Morgan fingerprint density at radius 3 is 2.71 bits per heavy atom. The molecule has 0 saturated carbocycles. The molecule has 1 aliphatic rings. The highest BCUT2D eigenvalue weighted by molar-refractivity contribution is 14.0. The molecule has 1 aliphatic heterocycles. The van der Waals surface area contributed by atoms with Gasteiger partial charge in [0.2, 0.25) is 0 Å². The van der Waals surface area contributed by atoms with Crippen molar-refractivity contribution in [1.82, 2.24) is 5.32 Å². The van der Waals surface area contributed by atoms with Crippen LogP contribution >= 0.6 is 24.0 Å². The van der Waals surface area contributed by atoms with Crippen molar-refractivity contribution >= 4 is 29.9 Å². The van der Waals surface area contributed by atoms with Crippen LogP contribution < -0.4 is 15.8 Å². The van der Waals surface area contributed by atoms with Gasteiger partial charge in [-0.1, -0.05) is 42.5 Å². The van der Waals surface area contributed by atoms with Crippen LogP contribution in [-0.2, 0) is 17.9 Å². The molecule has 6 heteroatoms. The van der Waals surface area contributed by atoms with Crippen molar-refractivity contribution in [2.75, 3.05) is 6.61 Å². The molecule has 0 saturated heterocycles. The Balaban J connectivity index is 0.00000280. The largest absolute Gasteiger partial charge is 0.493 e. The SMILES string of the molecule is CC(C)(C)OCc1cccc(CN=C(N)NC2CCOc3ccccc32)c1.I. The summed E-state index contributed by atoms with van der Waals surface area (Å²) in [5.41, 5.74) is 9.37. The maximum absolute atomic E-state index is 6.14. The first-order valence-corrected chi connectivity index (χ1v) is 9.41. The van der Waals surface area contributed by atoms with Crippen LogP contribution in [0.25, 0.3) is 0 Å². The third-order valence-electron chi connectivity index (χ3n) is 4.38. The lowest BCUT2D eigenvalue weighted by atomic mass is 10.0. The van der Waals surface area contributed by atoms with Crippen molar-refractivity contribution in [3.8, 4) is 5.75 Å². The summed E-state index contributed by atoms with van der Waals surface area (Å²) in [4.78, 5) is 4.51. The molecule has 5 nitrogen and oxygen atoms in total. The fourth-order valence-electron chi connectivity index (χ4n) is 3.01. The summed E-state index contributed by atoms with van der Waals surface area (Å²) >= 11 is 0. The molecule has 0 bridgehead atoms. The predicted octanol–water partition coefficient (Wildman–Crippen LogP) is 4.55. The van der Waals surface area contributed by atoms with Crippen LogP contribution in [-0.4, -0.2) is 18.2 Å². The minimum atomic E-state index is -0.150. The number of fused-ring (bicyclic) bond motifs is 1. The van der Waals surface area contributed by atoms with E-state index in [-0.39, 0.29) is 35.6 Å². The number of rotatable bonds is 5. The highest BCUT2D eigenvalue weighted by Gasteiger charge is 2.21. The first-order valence-electron chi connectivity index (χ1n) is 9.41. The number of halogens is 1. The van der Waals surface area contributed by atoms with E-state index in [1.54, 1.807) is 0 Å². The van der Waals surface area contributed by atoms with E-state index in [0.717, 1.165) is 28.9 Å². The van der Waals surface area contributed by atoms with Gasteiger partial charge in [-0.25, -0.2) is 4.99 Å². The molecule has 2 aromatic carbocycles. The minimum Gasteiger partial charge on any atom is -0.493 e. The van der Waals surface area contributed by atoms with Crippen LogP contribution in [0, 0.1) is 0 Å². The van der Waals surface area contributed by atoms with Gasteiger partial charge in [-0.05, 0) is 38.0 Å². The monoisotopic (exact) mass is 495 g/mol. The summed E-state index contributed by atoms with van der Waals surface area (Å²) in [7, 11) is 0. The molecule has 2 aromatic rings. The molecule has 3 N–H and O–H groups in total. The highest BCUT2D eigenvalue weighted by atomic mass is 127. The molecule has 3 rings (SSSR count). The number of nitrogens with two attached hydrogens (primary N) is 1. The second kappa shape index (κ2) is 10.1. The van der Waals surface area contributed by atoms with E-state index in [2.05, 4.69) is 55.3 Å². The molecule has 0 spiro atoms. The van der Waals surface area contributed by atoms with Crippen molar-refractivity contribution < 1.29 is 9.47 Å². The van der Waals surface area contributed by atoms with Crippen molar-refractivity contribution in [2.45, 2.75) is 52.0 Å². The Hall–Kier alpha value is -1.80. The van der Waals surface area contributed by atoms with Gasteiger partial charge in [0, 0.05) is 12.0 Å². The fraction of sp³-hybridized carbons (Fsp3) is 0.409. The average molecular weight is 495 g/mol. The Bertz CT molecular complexity index is 802. The second-order valence-corrected chi connectivity index (χ2v) is 7.79. The van der Waals surface area contributed by atoms with E-state index in [4.69, 9.17) is 15.2 Å². The lowest BCUT2D eigenvalue weighted by Crippen LogP contribution is -2.37. The summed E-state index contributed by atoms with van der Waals surface area (Å²) in [5.74, 6) is 1.37. The molecule has 0 aromatic heterocycles. The van der Waals surface area contributed by atoms with E-state index in [9.17, 15) is 0 Å². The van der Waals surface area contributed by atoms with Crippen molar-refractivity contribution in [2.24, 2.45) is 10.7 Å². The van der Waals surface area contributed by atoms with Crippen molar-refractivity contribution in [3.05, 3.63) is 65.2 Å². The second-order valence-electron chi connectivity index (χ2n) is 7.79. The number of aliphatic imine (C=N–C) groups is 1. The minimum absolute atomic E-state index is 0. The third-order valence-corrected chi connectivity index (χ3v) is 4.38. The van der Waals surface area contributed by atoms with Gasteiger partial charge in [-0.2, -0.15) is 0 Å². The summed E-state index contributed by atoms with van der Waals surface area (Å²) in [6, 6.07) is 16.5. The highest BCUT2D eigenvalue weighted by Crippen LogP contribution is 2.31. The average Bonchev–Trinajstić information content (AvgIpc) is 2.65. The zero-order chi connectivity index (χ0) is 19.3. The normalized spacial score (nSPS) is 16.5. The molecule has 152 valence electrons. The first-order chi connectivity index (χ1) is 12.9. The van der Waals surface area contributed by atoms with Crippen LogP contribution in [0.1, 0.15) is 49.9 Å². The van der Waals surface area contributed by atoms with Crippen LogP contribution in [0.2, 0.25) is 0 Å².